The maximum atomic E-state index is 15.0. The van der Waals surface area contributed by atoms with Crippen LogP contribution in [-0.4, -0.2) is 51.9 Å². The number of pyridine rings is 1. The number of nitrogens with one attached hydrogen (secondary N) is 1. The van der Waals surface area contributed by atoms with E-state index in [1.165, 1.54) is 12.1 Å². The summed E-state index contributed by atoms with van der Waals surface area (Å²) < 4.78 is 36.8. The minimum atomic E-state index is -0.650. The van der Waals surface area contributed by atoms with Gasteiger partial charge in [0, 0.05) is 31.2 Å². The third-order valence-electron chi connectivity index (χ3n) is 6.89. The fraction of sp³-hybridized carbons (Fsp3) is 0.346. The van der Waals surface area contributed by atoms with Crippen LogP contribution in [0.3, 0.4) is 0 Å². The number of nitrogens with zero attached hydrogens (tertiary/aromatic N) is 5. The van der Waals surface area contributed by atoms with Gasteiger partial charge in [0.15, 0.2) is 0 Å². The fourth-order valence-corrected chi connectivity index (χ4v) is 5.08. The van der Waals surface area contributed by atoms with Crippen LogP contribution in [0.5, 0.6) is 0 Å². The number of anilines is 3. The maximum Gasteiger partial charge on any atom is 0.229 e. The zero-order valence-corrected chi connectivity index (χ0v) is 19.9. The largest absolute Gasteiger partial charge is 0.380 e. The van der Waals surface area contributed by atoms with Crippen molar-refractivity contribution in [2.75, 3.05) is 36.5 Å². The highest BCUT2D eigenvalue weighted by Crippen LogP contribution is 2.33. The highest BCUT2D eigenvalue weighted by Gasteiger charge is 2.26. The van der Waals surface area contributed by atoms with E-state index in [1.807, 2.05) is 6.07 Å². The Morgan fingerprint density at radius 1 is 1.08 bits per heavy atom. The molecule has 0 spiro atoms. The van der Waals surface area contributed by atoms with E-state index in [0.29, 0.717) is 36.2 Å². The number of ether oxygens (including phenoxy) is 1. The molecule has 2 atom stereocenters. The van der Waals surface area contributed by atoms with E-state index >= 15 is 8.78 Å². The number of nitrogens with two attached hydrogens (primary N) is 1. The van der Waals surface area contributed by atoms with E-state index in [0.717, 1.165) is 30.9 Å². The summed E-state index contributed by atoms with van der Waals surface area (Å²) in [6, 6.07) is 8.12. The lowest BCUT2D eigenvalue weighted by Gasteiger charge is -2.37. The molecule has 3 N–H and O–H groups in total. The van der Waals surface area contributed by atoms with Crippen molar-refractivity contribution in [3.8, 4) is 11.3 Å². The molecule has 2 fully saturated rings. The summed E-state index contributed by atoms with van der Waals surface area (Å²) in [5.41, 5.74) is 9.29. The first-order chi connectivity index (χ1) is 17.5. The molecular weight excluding hydrogens is 464 g/mol. The van der Waals surface area contributed by atoms with Crippen molar-refractivity contribution in [2.45, 2.75) is 25.3 Å². The molecule has 8 nitrogen and oxygen atoms in total. The van der Waals surface area contributed by atoms with Gasteiger partial charge in [-0.3, -0.25) is 4.98 Å². The first-order valence-corrected chi connectivity index (χ1v) is 12.1. The Bertz CT molecular complexity index is 1390. The monoisotopic (exact) mass is 491 g/mol. The van der Waals surface area contributed by atoms with Crippen LogP contribution < -0.4 is 16.0 Å². The summed E-state index contributed by atoms with van der Waals surface area (Å²) in [6.45, 7) is 4.78. The quantitative estimate of drug-likeness (QED) is 0.434. The lowest BCUT2D eigenvalue weighted by atomic mass is 9.95. The molecule has 186 valence electrons. The zero-order valence-electron chi connectivity index (χ0n) is 19.9. The molecule has 2 aliphatic heterocycles. The number of hydrogen-bond donors (Lipinski definition) is 2. The average Bonchev–Trinajstić information content (AvgIpc) is 3.19. The molecule has 5 heterocycles. The molecule has 4 aromatic rings. The molecule has 3 aromatic heterocycles. The minimum absolute atomic E-state index is 0.0223. The molecule has 0 saturated carbocycles. The third-order valence-corrected chi connectivity index (χ3v) is 6.89. The molecule has 0 radical (unpaired) electrons. The van der Waals surface area contributed by atoms with Crippen LogP contribution in [0.4, 0.5) is 26.1 Å². The highest BCUT2D eigenvalue weighted by molar-refractivity contribution is 5.74. The topological polar surface area (TPSA) is 93.6 Å². The molecule has 0 amide bonds. The Morgan fingerprint density at radius 3 is 2.61 bits per heavy atom. The van der Waals surface area contributed by atoms with Gasteiger partial charge in [-0.15, -0.1) is 0 Å². The van der Waals surface area contributed by atoms with Crippen LogP contribution in [0.2, 0.25) is 0 Å². The summed E-state index contributed by atoms with van der Waals surface area (Å²) in [4.78, 5) is 11.0. The second kappa shape index (κ2) is 9.11. The summed E-state index contributed by atoms with van der Waals surface area (Å²) in [5.74, 6) is -0.389. The molecule has 2 aliphatic rings. The predicted molar refractivity (Wildman–Crippen MR) is 133 cm³/mol. The maximum absolute atomic E-state index is 15.0. The van der Waals surface area contributed by atoms with E-state index in [4.69, 9.17) is 10.5 Å². The highest BCUT2D eigenvalue weighted by atomic mass is 19.1. The lowest BCUT2D eigenvalue weighted by Crippen LogP contribution is -2.46. The number of halogens is 2. The van der Waals surface area contributed by atoms with Crippen molar-refractivity contribution >= 4 is 22.8 Å². The first kappa shape index (κ1) is 22.8. The van der Waals surface area contributed by atoms with Gasteiger partial charge in [-0.1, -0.05) is 6.92 Å². The van der Waals surface area contributed by atoms with Gasteiger partial charge in [0.25, 0.3) is 0 Å². The van der Waals surface area contributed by atoms with Crippen LogP contribution in [-0.2, 0) is 4.74 Å². The van der Waals surface area contributed by atoms with Crippen LogP contribution in [0.25, 0.3) is 16.8 Å². The molecule has 10 heteroatoms. The Hall–Kier alpha value is -3.63. The number of fused-ring (bicyclic) bond motifs is 1. The van der Waals surface area contributed by atoms with E-state index in [2.05, 4.69) is 32.2 Å². The number of imidazole rings is 1. The van der Waals surface area contributed by atoms with Gasteiger partial charge in [0.1, 0.15) is 11.6 Å². The Morgan fingerprint density at radius 2 is 1.89 bits per heavy atom. The van der Waals surface area contributed by atoms with Gasteiger partial charge in [0.05, 0.1) is 53.8 Å². The van der Waals surface area contributed by atoms with Crippen molar-refractivity contribution in [1.82, 2.24) is 19.6 Å². The van der Waals surface area contributed by atoms with Crippen molar-refractivity contribution in [3.63, 3.8) is 0 Å². The van der Waals surface area contributed by atoms with E-state index < -0.39 is 11.6 Å². The summed E-state index contributed by atoms with van der Waals surface area (Å²) in [6.07, 6.45) is 6.12. The standard InChI is InChI=1S/C26H27F2N7O/c1-15-6-18(29)12-34(11-15)24-4-5-30-10-23(24)32-26-31-9-19-2-3-22(33-35(19)26)25-20(27)7-16(8-21(25)28)17-13-36-14-17/h2-5,7-10,15,17-18H,6,11-14,29H2,1H3,(H,31,32)/t15-,18+/m1/s1. The summed E-state index contributed by atoms with van der Waals surface area (Å²) in [5, 5.41) is 7.84. The van der Waals surface area contributed by atoms with Crippen molar-refractivity contribution in [3.05, 3.63) is 66.1 Å². The van der Waals surface area contributed by atoms with Crippen LogP contribution in [0.1, 0.15) is 24.8 Å². The summed E-state index contributed by atoms with van der Waals surface area (Å²) >= 11 is 0. The summed E-state index contributed by atoms with van der Waals surface area (Å²) in [7, 11) is 0. The smallest absolute Gasteiger partial charge is 0.229 e. The number of hydrogen-bond acceptors (Lipinski definition) is 7. The molecule has 0 bridgehead atoms. The molecule has 0 aliphatic carbocycles. The second-order valence-electron chi connectivity index (χ2n) is 9.75. The first-order valence-electron chi connectivity index (χ1n) is 12.1. The zero-order chi connectivity index (χ0) is 24.8. The molecule has 36 heavy (non-hydrogen) atoms. The number of piperidine rings is 1. The van der Waals surface area contributed by atoms with Crippen molar-refractivity contribution in [1.29, 1.82) is 0 Å². The number of benzene rings is 1. The molecule has 0 unspecified atom stereocenters. The predicted octanol–water partition coefficient (Wildman–Crippen LogP) is 4.10. The van der Waals surface area contributed by atoms with Crippen molar-refractivity contribution in [2.24, 2.45) is 11.7 Å². The molecule has 1 aromatic carbocycles. The number of aromatic nitrogens is 4. The average molecular weight is 492 g/mol. The molecular formula is C26H27F2N7O. The third kappa shape index (κ3) is 4.16. The van der Waals surface area contributed by atoms with Gasteiger partial charge in [0.2, 0.25) is 5.95 Å². The van der Waals surface area contributed by atoms with E-state index in [9.17, 15) is 0 Å². The van der Waals surface area contributed by atoms with E-state index in [1.54, 1.807) is 35.2 Å². The van der Waals surface area contributed by atoms with Crippen LogP contribution in [0, 0.1) is 17.6 Å². The number of rotatable bonds is 5. The second-order valence-corrected chi connectivity index (χ2v) is 9.75. The van der Waals surface area contributed by atoms with Gasteiger partial charge in [-0.25, -0.2) is 13.8 Å². The van der Waals surface area contributed by atoms with Crippen LogP contribution >= 0.6 is 0 Å². The van der Waals surface area contributed by atoms with Gasteiger partial charge in [-0.05, 0) is 48.2 Å². The SMILES string of the molecule is C[C@@H]1C[C@H](N)CN(c2ccncc2Nc2ncc3ccc(-c4c(F)cc(C5COC5)cc4F)nn23)C1. The Balaban J connectivity index is 1.34. The van der Waals surface area contributed by atoms with Gasteiger partial charge >= 0.3 is 0 Å². The lowest BCUT2D eigenvalue weighted by molar-refractivity contribution is 0.00822. The minimum Gasteiger partial charge on any atom is -0.380 e. The van der Waals surface area contributed by atoms with E-state index in [-0.39, 0.29) is 23.2 Å². The van der Waals surface area contributed by atoms with Crippen molar-refractivity contribution < 1.29 is 13.5 Å². The molecule has 2 saturated heterocycles. The normalized spacial score (nSPS) is 20.5. The Kier molecular flexibility index (Phi) is 5.77. The fourth-order valence-electron chi connectivity index (χ4n) is 5.08. The molecule has 6 rings (SSSR count). The van der Waals surface area contributed by atoms with Gasteiger partial charge < -0.3 is 20.7 Å². The van der Waals surface area contributed by atoms with Gasteiger partial charge in [-0.2, -0.15) is 9.61 Å². The van der Waals surface area contributed by atoms with Crippen LogP contribution in [0.15, 0.2) is 48.9 Å². The Labute approximate surface area is 207 Å².